The van der Waals surface area contributed by atoms with Crippen molar-refractivity contribution in [3.8, 4) is 0 Å². The lowest BCUT2D eigenvalue weighted by molar-refractivity contribution is -0.135. The molecule has 4 nitrogen and oxygen atoms in total. The zero-order valence-corrected chi connectivity index (χ0v) is 12.6. The van der Waals surface area contributed by atoms with Gasteiger partial charge in [-0.2, -0.15) is 0 Å². The van der Waals surface area contributed by atoms with E-state index in [1.165, 1.54) is 19.3 Å². The third kappa shape index (κ3) is 3.48. The second kappa shape index (κ2) is 6.23. The fraction of sp³-hybridized carbons (Fsp3) is 0.933. The van der Waals surface area contributed by atoms with Gasteiger partial charge in [-0.05, 0) is 51.9 Å². The fourth-order valence-corrected chi connectivity index (χ4v) is 3.52. The fourth-order valence-electron chi connectivity index (χ4n) is 3.52. The number of nitrogens with one attached hydrogen (secondary N) is 1. The molecule has 1 heterocycles. The maximum absolute atomic E-state index is 12.4. The first kappa shape index (κ1) is 14.8. The first-order valence-corrected chi connectivity index (χ1v) is 7.83. The van der Waals surface area contributed by atoms with Gasteiger partial charge in [-0.15, -0.1) is 0 Å². The van der Waals surface area contributed by atoms with E-state index in [1.54, 1.807) is 0 Å². The molecular formula is C15H29N3O. The zero-order valence-electron chi connectivity index (χ0n) is 12.6. The van der Waals surface area contributed by atoms with Crippen LogP contribution in [0, 0.1) is 11.8 Å². The summed E-state index contributed by atoms with van der Waals surface area (Å²) in [5.74, 6) is 0.816. The molecule has 2 rings (SSSR count). The van der Waals surface area contributed by atoms with Crippen LogP contribution >= 0.6 is 0 Å². The summed E-state index contributed by atoms with van der Waals surface area (Å²) >= 11 is 0. The number of rotatable bonds is 2. The molecule has 1 aliphatic carbocycles. The lowest BCUT2D eigenvalue weighted by atomic mass is 9.79. The number of hydrogen-bond donors (Lipinski definition) is 2. The van der Waals surface area contributed by atoms with Gasteiger partial charge in [0.05, 0.1) is 0 Å². The molecule has 1 amide bonds. The monoisotopic (exact) mass is 267 g/mol. The van der Waals surface area contributed by atoms with Crippen LogP contribution in [0.4, 0.5) is 0 Å². The molecule has 5 atom stereocenters. The second-order valence-electron chi connectivity index (χ2n) is 6.66. The minimum atomic E-state index is 0.149. The number of carbonyl (C=O) groups excluding carboxylic acids is 1. The third-order valence-electron chi connectivity index (χ3n) is 5.04. The normalized spacial score (nSPS) is 40.9. The largest absolute Gasteiger partial charge is 0.327 e. The number of amides is 1. The first-order valence-electron chi connectivity index (χ1n) is 7.83. The topological polar surface area (TPSA) is 58.4 Å². The molecule has 0 aromatic carbocycles. The molecule has 110 valence electrons. The Morgan fingerprint density at radius 3 is 2.32 bits per heavy atom. The van der Waals surface area contributed by atoms with Crippen molar-refractivity contribution in [2.24, 2.45) is 17.6 Å². The van der Waals surface area contributed by atoms with Crippen LogP contribution in [-0.2, 0) is 4.79 Å². The molecule has 2 aliphatic rings. The van der Waals surface area contributed by atoms with E-state index >= 15 is 0 Å². The number of piperidine rings is 1. The lowest BCUT2D eigenvalue weighted by Crippen LogP contribution is -2.56. The van der Waals surface area contributed by atoms with Crippen molar-refractivity contribution < 1.29 is 4.79 Å². The molecule has 4 heteroatoms. The Hall–Kier alpha value is -0.610. The predicted molar refractivity (Wildman–Crippen MR) is 77.2 cm³/mol. The molecule has 1 aliphatic heterocycles. The molecule has 0 spiro atoms. The summed E-state index contributed by atoms with van der Waals surface area (Å²) in [6.45, 7) is 6.57. The molecule has 1 saturated carbocycles. The summed E-state index contributed by atoms with van der Waals surface area (Å²) in [5.41, 5.74) is 9.20. The van der Waals surface area contributed by atoms with Gasteiger partial charge in [0, 0.05) is 24.0 Å². The molecule has 0 aromatic rings. The van der Waals surface area contributed by atoms with Crippen LogP contribution < -0.4 is 11.2 Å². The van der Waals surface area contributed by atoms with E-state index in [2.05, 4.69) is 31.2 Å². The molecule has 19 heavy (non-hydrogen) atoms. The maximum atomic E-state index is 12.4. The molecule has 0 radical (unpaired) electrons. The molecule has 2 fully saturated rings. The first-order chi connectivity index (χ1) is 8.99. The van der Waals surface area contributed by atoms with Gasteiger partial charge in [-0.1, -0.05) is 13.3 Å². The summed E-state index contributed by atoms with van der Waals surface area (Å²) in [6, 6.07) is 1.18. The van der Waals surface area contributed by atoms with Crippen LogP contribution in [0.5, 0.6) is 0 Å². The highest BCUT2D eigenvalue weighted by atomic mass is 16.2. The summed E-state index contributed by atoms with van der Waals surface area (Å²) < 4.78 is 0. The van der Waals surface area contributed by atoms with Crippen molar-refractivity contribution in [2.45, 2.75) is 77.4 Å². The highest BCUT2D eigenvalue weighted by Gasteiger charge is 2.32. The molecule has 5 unspecified atom stereocenters. The summed E-state index contributed by atoms with van der Waals surface area (Å²) in [4.78, 5) is 12.4. The van der Waals surface area contributed by atoms with Crippen molar-refractivity contribution >= 4 is 5.91 Å². The van der Waals surface area contributed by atoms with E-state index in [9.17, 15) is 4.79 Å². The molecule has 0 aromatic heterocycles. The van der Waals surface area contributed by atoms with Crippen LogP contribution in [-0.4, -0.2) is 29.0 Å². The Morgan fingerprint density at radius 1 is 1.11 bits per heavy atom. The Bertz CT molecular complexity index is 311. The standard InChI is InChI=1S/C15H29N3O/c1-10-9-13(7-8-14(10)16)15(19)17-18-11(2)5-4-6-12(18)3/h10-14H,4-9,16H2,1-3H3,(H,17,19). The summed E-state index contributed by atoms with van der Waals surface area (Å²) in [5, 5.41) is 2.17. The molecule has 3 N–H and O–H groups in total. The quantitative estimate of drug-likeness (QED) is 0.805. The van der Waals surface area contributed by atoms with Gasteiger partial charge in [0.15, 0.2) is 0 Å². The summed E-state index contributed by atoms with van der Waals surface area (Å²) in [7, 11) is 0. The Labute approximate surface area is 117 Å². The van der Waals surface area contributed by atoms with E-state index in [1.807, 2.05) is 0 Å². The Kier molecular flexibility index (Phi) is 4.85. The van der Waals surface area contributed by atoms with Crippen LogP contribution in [0.15, 0.2) is 0 Å². The smallest absolute Gasteiger partial charge is 0.237 e. The summed E-state index contributed by atoms with van der Waals surface area (Å²) in [6.07, 6.45) is 6.47. The van der Waals surface area contributed by atoms with Gasteiger partial charge >= 0.3 is 0 Å². The number of hydrogen-bond acceptors (Lipinski definition) is 3. The Balaban J connectivity index is 1.89. The highest BCUT2D eigenvalue weighted by molar-refractivity contribution is 5.78. The van der Waals surface area contributed by atoms with Crippen LogP contribution in [0.3, 0.4) is 0 Å². The van der Waals surface area contributed by atoms with Crippen molar-refractivity contribution in [1.82, 2.24) is 10.4 Å². The number of nitrogens with zero attached hydrogens (tertiary/aromatic N) is 1. The zero-order chi connectivity index (χ0) is 14.0. The van der Waals surface area contributed by atoms with Crippen molar-refractivity contribution in [2.75, 3.05) is 0 Å². The second-order valence-corrected chi connectivity index (χ2v) is 6.66. The average molecular weight is 267 g/mol. The van der Waals surface area contributed by atoms with Crippen molar-refractivity contribution in [1.29, 1.82) is 0 Å². The van der Waals surface area contributed by atoms with Gasteiger partial charge in [0.2, 0.25) is 5.91 Å². The van der Waals surface area contributed by atoms with E-state index in [0.29, 0.717) is 18.0 Å². The average Bonchev–Trinajstić information content (AvgIpc) is 2.37. The number of nitrogens with two attached hydrogens (primary N) is 1. The molecular weight excluding hydrogens is 238 g/mol. The molecule has 1 saturated heterocycles. The van der Waals surface area contributed by atoms with Crippen LogP contribution in [0.25, 0.3) is 0 Å². The maximum Gasteiger partial charge on any atom is 0.237 e. The minimum Gasteiger partial charge on any atom is -0.327 e. The van der Waals surface area contributed by atoms with E-state index in [4.69, 9.17) is 5.73 Å². The number of carbonyl (C=O) groups is 1. The SMILES string of the molecule is CC1CC(C(=O)NN2C(C)CCCC2C)CCC1N. The van der Waals surface area contributed by atoms with Crippen LogP contribution in [0.2, 0.25) is 0 Å². The lowest BCUT2D eigenvalue weighted by Gasteiger charge is -2.40. The van der Waals surface area contributed by atoms with E-state index < -0.39 is 0 Å². The minimum absolute atomic E-state index is 0.149. The Morgan fingerprint density at radius 2 is 1.74 bits per heavy atom. The molecule has 0 bridgehead atoms. The van der Waals surface area contributed by atoms with Gasteiger partial charge in [0.1, 0.15) is 0 Å². The van der Waals surface area contributed by atoms with Gasteiger partial charge in [-0.25, -0.2) is 5.01 Å². The van der Waals surface area contributed by atoms with Gasteiger partial charge in [-0.3, -0.25) is 10.2 Å². The van der Waals surface area contributed by atoms with Crippen molar-refractivity contribution in [3.05, 3.63) is 0 Å². The van der Waals surface area contributed by atoms with Gasteiger partial charge < -0.3 is 5.73 Å². The highest BCUT2D eigenvalue weighted by Crippen LogP contribution is 2.29. The van der Waals surface area contributed by atoms with Crippen LogP contribution in [0.1, 0.15) is 59.3 Å². The van der Waals surface area contributed by atoms with Crippen molar-refractivity contribution in [3.63, 3.8) is 0 Å². The van der Waals surface area contributed by atoms with E-state index in [0.717, 1.165) is 19.3 Å². The predicted octanol–water partition coefficient (Wildman–Crippen LogP) is 2.04. The van der Waals surface area contributed by atoms with Gasteiger partial charge in [0.25, 0.3) is 0 Å². The third-order valence-corrected chi connectivity index (χ3v) is 5.04. The number of hydrazine groups is 1. The van der Waals surface area contributed by atoms with E-state index in [-0.39, 0.29) is 17.9 Å².